The van der Waals surface area contributed by atoms with Crippen molar-refractivity contribution < 1.29 is 22.7 Å². The SMILES string of the molecule is O=S(=O)(CCOCCO)Cc1ccc(F)c(Br)c1. The lowest BCUT2D eigenvalue weighted by Crippen LogP contribution is -2.15. The van der Waals surface area contributed by atoms with Crippen LogP contribution in [0.15, 0.2) is 22.7 Å². The van der Waals surface area contributed by atoms with E-state index >= 15 is 0 Å². The lowest BCUT2D eigenvalue weighted by molar-refractivity contribution is 0.103. The van der Waals surface area contributed by atoms with Crippen molar-refractivity contribution in [3.05, 3.63) is 34.1 Å². The maximum absolute atomic E-state index is 13.0. The predicted octanol–water partition coefficient (Wildman–Crippen LogP) is 1.51. The highest BCUT2D eigenvalue weighted by Crippen LogP contribution is 2.18. The van der Waals surface area contributed by atoms with Gasteiger partial charge in [0.05, 0.1) is 35.8 Å². The van der Waals surface area contributed by atoms with Gasteiger partial charge in [-0.15, -0.1) is 0 Å². The monoisotopic (exact) mass is 340 g/mol. The summed E-state index contributed by atoms with van der Waals surface area (Å²) in [4.78, 5) is 0. The highest BCUT2D eigenvalue weighted by atomic mass is 79.9. The molecular formula is C11H14BrFO4S. The number of rotatable bonds is 7. The first-order valence-electron chi connectivity index (χ1n) is 5.27. The molecule has 0 spiro atoms. The first-order chi connectivity index (χ1) is 8.44. The summed E-state index contributed by atoms with van der Waals surface area (Å²) in [6.45, 7) is 0.0355. The Morgan fingerprint density at radius 1 is 1.33 bits per heavy atom. The number of halogens is 2. The van der Waals surface area contributed by atoms with Crippen LogP contribution in [-0.4, -0.2) is 39.1 Å². The van der Waals surface area contributed by atoms with Crippen LogP contribution in [0.1, 0.15) is 5.56 Å². The van der Waals surface area contributed by atoms with Gasteiger partial charge in [-0.05, 0) is 33.6 Å². The summed E-state index contributed by atoms with van der Waals surface area (Å²) in [5.74, 6) is -0.710. The number of hydrogen-bond donors (Lipinski definition) is 1. The minimum atomic E-state index is -3.29. The summed E-state index contributed by atoms with van der Waals surface area (Å²) in [6.07, 6.45) is 0. The van der Waals surface area contributed by atoms with Crippen molar-refractivity contribution in [1.82, 2.24) is 0 Å². The Labute approximate surface area is 114 Å². The van der Waals surface area contributed by atoms with E-state index in [1.807, 2.05) is 0 Å². The Morgan fingerprint density at radius 3 is 2.67 bits per heavy atom. The summed E-state index contributed by atoms with van der Waals surface area (Å²) in [5.41, 5.74) is 0.519. The minimum Gasteiger partial charge on any atom is -0.394 e. The van der Waals surface area contributed by atoms with Crippen molar-refractivity contribution in [2.75, 3.05) is 25.6 Å². The Balaban J connectivity index is 2.56. The Morgan fingerprint density at radius 2 is 2.06 bits per heavy atom. The number of sulfone groups is 1. The van der Waals surface area contributed by atoms with E-state index in [4.69, 9.17) is 9.84 Å². The third-order valence-corrected chi connectivity index (χ3v) is 4.31. The molecule has 0 saturated heterocycles. The molecule has 0 aliphatic carbocycles. The Hall–Kier alpha value is -0.500. The molecule has 4 nitrogen and oxygen atoms in total. The van der Waals surface area contributed by atoms with Gasteiger partial charge in [0.1, 0.15) is 5.82 Å². The second-order valence-electron chi connectivity index (χ2n) is 3.68. The highest BCUT2D eigenvalue weighted by Gasteiger charge is 2.13. The van der Waals surface area contributed by atoms with Crippen LogP contribution in [0.5, 0.6) is 0 Å². The zero-order valence-electron chi connectivity index (χ0n) is 9.60. The molecule has 0 amide bonds. The molecular weight excluding hydrogens is 327 g/mol. The Kier molecular flexibility index (Phi) is 6.20. The molecule has 0 fully saturated rings. The summed E-state index contributed by atoms with van der Waals surface area (Å²) < 4.78 is 41.5. The molecule has 1 aromatic rings. The average molecular weight is 341 g/mol. The van der Waals surface area contributed by atoms with Crippen LogP contribution in [0.4, 0.5) is 4.39 Å². The second kappa shape index (κ2) is 7.18. The van der Waals surface area contributed by atoms with Crippen molar-refractivity contribution >= 4 is 25.8 Å². The van der Waals surface area contributed by atoms with Crippen LogP contribution in [-0.2, 0) is 20.3 Å². The summed E-state index contributed by atoms with van der Waals surface area (Å²) in [5, 5.41) is 8.47. The van der Waals surface area contributed by atoms with Crippen molar-refractivity contribution in [2.24, 2.45) is 0 Å². The van der Waals surface area contributed by atoms with Gasteiger partial charge in [0, 0.05) is 0 Å². The van der Waals surface area contributed by atoms with Crippen LogP contribution in [0.3, 0.4) is 0 Å². The van der Waals surface area contributed by atoms with E-state index in [-0.39, 0.29) is 35.8 Å². The van der Waals surface area contributed by atoms with E-state index < -0.39 is 15.7 Å². The normalized spacial score (nSPS) is 11.7. The average Bonchev–Trinajstić information content (AvgIpc) is 2.29. The third-order valence-electron chi connectivity index (χ3n) is 2.14. The van der Waals surface area contributed by atoms with Gasteiger partial charge in [-0.1, -0.05) is 6.07 Å². The largest absolute Gasteiger partial charge is 0.394 e. The van der Waals surface area contributed by atoms with Crippen LogP contribution in [0.2, 0.25) is 0 Å². The lowest BCUT2D eigenvalue weighted by Gasteiger charge is -2.06. The summed E-state index contributed by atoms with van der Waals surface area (Å²) in [7, 11) is -3.29. The van der Waals surface area contributed by atoms with Crippen molar-refractivity contribution in [3.8, 4) is 0 Å². The van der Waals surface area contributed by atoms with Gasteiger partial charge in [0.15, 0.2) is 9.84 Å². The fourth-order valence-corrected chi connectivity index (χ4v) is 2.94. The summed E-state index contributed by atoms with van der Waals surface area (Å²) >= 11 is 3.00. The minimum absolute atomic E-state index is 0.0469. The topological polar surface area (TPSA) is 63.6 Å². The molecule has 18 heavy (non-hydrogen) atoms. The molecule has 0 radical (unpaired) electrons. The van der Waals surface area contributed by atoms with Gasteiger partial charge >= 0.3 is 0 Å². The molecule has 0 aliphatic heterocycles. The maximum atomic E-state index is 13.0. The predicted molar refractivity (Wildman–Crippen MR) is 69.5 cm³/mol. The van der Waals surface area contributed by atoms with E-state index in [2.05, 4.69) is 15.9 Å². The maximum Gasteiger partial charge on any atom is 0.156 e. The van der Waals surface area contributed by atoms with Gasteiger partial charge in [0.2, 0.25) is 0 Å². The first-order valence-corrected chi connectivity index (χ1v) is 7.89. The Bertz CT molecular complexity index is 490. The van der Waals surface area contributed by atoms with E-state index in [0.717, 1.165) is 0 Å². The number of hydrogen-bond acceptors (Lipinski definition) is 4. The van der Waals surface area contributed by atoms with E-state index in [1.54, 1.807) is 0 Å². The molecule has 1 aromatic carbocycles. The van der Waals surface area contributed by atoms with Gasteiger partial charge in [-0.2, -0.15) is 0 Å². The second-order valence-corrected chi connectivity index (χ2v) is 6.71. The van der Waals surface area contributed by atoms with Crippen molar-refractivity contribution in [3.63, 3.8) is 0 Å². The van der Waals surface area contributed by atoms with Gasteiger partial charge in [-0.25, -0.2) is 12.8 Å². The molecule has 0 saturated carbocycles. The summed E-state index contributed by atoms with van der Waals surface area (Å²) in [6, 6.07) is 4.10. The molecule has 1 N–H and O–H groups in total. The molecule has 102 valence electrons. The van der Waals surface area contributed by atoms with Crippen molar-refractivity contribution in [1.29, 1.82) is 0 Å². The molecule has 0 heterocycles. The molecule has 1 rings (SSSR count). The van der Waals surface area contributed by atoms with E-state index in [9.17, 15) is 12.8 Å². The zero-order chi connectivity index (χ0) is 13.6. The van der Waals surface area contributed by atoms with Gasteiger partial charge < -0.3 is 9.84 Å². The number of aliphatic hydroxyl groups excluding tert-OH is 1. The van der Waals surface area contributed by atoms with Crippen LogP contribution in [0, 0.1) is 5.82 Å². The molecule has 0 atom stereocenters. The molecule has 0 aliphatic rings. The van der Waals surface area contributed by atoms with Crippen LogP contribution >= 0.6 is 15.9 Å². The van der Waals surface area contributed by atoms with Gasteiger partial charge in [0.25, 0.3) is 0 Å². The number of aliphatic hydroxyl groups is 1. The van der Waals surface area contributed by atoms with Gasteiger partial charge in [-0.3, -0.25) is 0 Å². The fraction of sp³-hybridized carbons (Fsp3) is 0.455. The fourth-order valence-electron chi connectivity index (χ4n) is 1.31. The zero-order valence-corrected chi connectivity index (χ0v) is 12.0. The molecule has 0 unspecified atom stereocenters. The van der Waals surface area contributed by atoms with Crippen LogP contribution < -0.4 is 0 Å². The third kappa shape index (κ3) is 5.43. The number of ether oxygens (including phenoxy) is 1. The molecule has 0 aromatic heterocycles. The quantitative estimate of drug-likeness (QED) is 0.764. The van der Waals surface area contributed by atoms with Crippen LogP contribution in [0.25, 0.3) is 0 Å². The molecule has 7 heteroatoms. The lowest BCUT2D eigenvalue weighted by atomic mass is 10.2. The highest BCUT2D eigenvalue weighted by molar-refractivity contribution is 9.10. The first kappa shape index (κ1) is 15.6. The standard InChI is InChI=1S/C11H14BrFO4S/c12-10-7-9(1-2-11(10)13)8-18(15,16)6-5-17-4-3-14/h1-2,7,14H,3-6,8H2. The number of benzene rings is 1. The van der Waals surface area contributed by atoms with Crippen molar-refractivity contribution in [2.45, 2.75) is 5.75 Å². The smallest absolute Gasteiger partial charge is 0.156 e. The van der Waals surface area contributed by atoms with E-state index in [0.29, 0.717) is 5.56 Å². The van der Waals surface area contributed by atoms with E-state index in [1.165, 1.54) is 18.2 Å². The molecule has 0 bridgehead atoms.